The fourth-order valence-electron chi connectivity index (χ4n) is 4.74. The molecule has 5 heteroatoms. The molecule has 3 rings (SSSR count). The number of fused-ring (bicyclic) bond motifs is 1. The summed E-state index contributed by atoms with van der Waals surface area (Å²) in [5.74, 6) is -0.645. The quantitative estimate of drug-likeness (QED) is 0.690. The molecule has 0 aromatic heterocycles. The first-order valence-electron chi connectivity index (χ1n) is 8.75. The molecule has 0 saturated heterocycles. The van der Waals surface area contributed by atoms with Crippen LogP contribution in [0.4, 0.5) is 0 Å². The molecule has 0 atom stereocenters. The minimum atomic E-state index is -3.59. The van der Waals surface area contributed by atoms with Gasteiger partial charge in [-0.25, -0.2) is 0 Å². The van der Waals surface area contributed by atoms with Crippen LogP contribution in [-0.2, 0) is 33.6 Å². The van der Waals surface area contributed by atoms with Crippen LogP contribution >= 0.6 is 0 Å². The maximum absolute atomic E-state index is 11.7. The van der Waals surface area contributed by atoms with E-state index in [0.717, 1.165) is 25.7 Å². The molecule has 0 bridgehead atoms. The van der Waals surface area contributed by atoms with Crippen molar-refractivity contribution in [3.05, 3.63) is 22.3 Å². The second-order valence-corrected chi connectivity index (χ2v) is 11.8. The molecular formula is C18H26O4Ti. The van der Waals surface area contributed by atoms with Crippen LogP contribution in [0.2, 0.25) is 9.45 Å². The molecule has 0 aromatic rings. The third-order valence-corrected chi connectivity index (χ3v) is 10.2. The van der Waals surface area contributed by atoms with Crippen LogP contribution in [0.1, 0.15) is 65.2 Å². The molecule has 0 spiro atoms. The van der Waals surface area contributed by atoms with Crippen LogP contribution in [0.3, 0.4) is 0 Å². The van der Waals surface area contributed by atoms with Crippen LogP contribution in [-0.4, -0.2) is 11.9 Å². The summed E-state index contributed by atoms with van der Waals surface area (Å²) in [6.45, 7) is 2.85. The third-order valence-electron chi connectivity index (χ3n) is 5.30. The van der Waals surface area contributed by atoms with E-state index in [1.165, 1.54) is 61.8 Å². The van der Waals surface area contributed by atoms with Crippen LogP contribution in [0.25, 0.3) is 0 Å². The van der Waals surface area contributed by atoms with Crippen molar-refractivity contribution in [1.82, 2.24) is 0 Å². The van der Waals surface area contributed by atoms with Gasteiger partial charge in [0.1, 0.15) is 0 Å². The number of hydrogen-bond donors (Lipinski definition) is 0. The molecule has 0 radical (unpaired) electrons. The number of carbonyl (C=O) groups excluding carboxylic acids is 2. The van der Waals surface area contributed by atoms with Crippen molar-refractivity contribution in [1.29, 1.82) is 0 Å². The van der Waals surface area contributed by atoms with Gasteiger partial charge in [0.15, 0.2) is 0 Å². The first-order valence-corrected chi connectivity index (χ1v) is 12.5. The summed E-state index contributed by atoms with van der Waals surface area (Å²) in [6, 6.07) is 0. The number of carbonyl (C=O) groups is 2. The summed E-state index contributed by atoms with van der Waals surface area (Å²) in [5, 5.41) is 1.94. The van der Waals surface area contributed by atoms with Gasteiger partial charge in [-0.2, -0.15) is 0 Å². The molecular weight excluding hydrogens is 328 g/mol. The molecule has 0 unspecified atom stereocenters. The summed E-state index contributed by atoms with van der Waals surface area (Å²) < 4.78 is 11.6. The molecule has 3 aliphatic rings. The Morgan fingerprint density at radius 1 is 0.826 bits per heavy atom. The van der Waals surface area contributed by atoms with Crippen molar-refractivity contribution >= 4 is 11.9 Å². The molecule has 0 aromatic carbocycles. The summed E-state index contributed by atoms with van der Waals surface area (Å²) >= 11 is -3.59. The van der Waals surface area contributed by atoms with Gasteiger partial charge in [-0.05, 0) is 0 Å². The second kappa shape index (κ2) is 6.56. The normalized spacial score (nSPS) is 21.9. The first-order chi connectivity index (χ1) is 10.9. The van der Waals surface area contributed by atoms with E-state index in [-0.39, 0.29) is 16.2 Å². The fraction of sp³-hybridized carbons (Fsp3) is 0.667. The maximum atomic E-state index is 11.7. The second-order valence-electron chi connectivity index (χ2n) is 7.06. The molecule has 0 aliphatic heterocycles. The fourth-order valence-corrected chi connectivity index (χ4v) is 9.92. The van der Waals surface area contributed by atoms with Crippen molar-refractivity contribution in [2.45, 2.75) is 74.7 Å². The van der Waals surface area contributed by atoms with Gasteiger partial charge >= 0.3 is 142 Å². The molecule has 126 valence electrons. The summed E-state index contributed by atoms with van der Waals surface area (Å²) in [5.41, 5.74) is 5.92. The van der Waals surface area contributed by atoms with Gasteiger partial charge in [-0.15, -0.1) is 0 Å². The Labute approximate surface area is 142 Å². The van der Waals surface area contributed by atoms with Crippen molar-refractivity contribution in [3.63, 3.8) is 0 Å². The molecule has 0 fully saturated rings. The molecule has 4 nitrogen and oxygen atoms in total. The van der Waals surface area contributed by atoms with Crippen LogP contribution in [0, 0.1) is 0 Å². The summed E-state index contributed by atoms with van der Waals surface area (Å²) in [7, 11) is 0. The SMILES string of the molecule is CC(=O)[O][Ti]([CH3])([O]C(C)=O)[CH]1C2=C(CCCC2)C2=C1CCCC2. The van der Waals surface area contributed by atoms with Gasteiger partial charge < -0.3 is 0 Å². The zero-order chi connectivity index (χ0) is 16.6. The monoisotopic (exact) mass is 354 g/mol. The van der Waals surface area contributed by atoms with Crippen molar-refractivity contribution in [2.24, 2.45) is 0 Å². The molecule has 0 heterocycles. The predicted molar refractivity (Wildman–Crippen MR) is 84.1 cm³/mol. The van der Waals surface area contributed by atoms with Crippen LogP contribution < -0.4 is 0 Å². The van der Waals surface area contributed by atoms with E-state index in [4.69, 9.17) is 6.64 Å². The Morgan fingerprint density at radius 3 is 1.61 bits per heavy atom. The Hall–Kier alpha value is -0.866. The minimum absolute atomic E-state index is 0.105. The van der Waals surface area contributed by atoms with E-state index in [1.807, 2.05) is 5.23 Å². The summed E-state index contributed by atoms with van der Waals surface area (Å²) in [6.07, 6.45) is 9.28. The van der Waals surface area contributed by atoms with E-state index < -0.39 is 17.4 Å². The summed E-state index contributed by atoms with van der Waals surface area (Å²) in [4.78, 5) is 23.4. The predicted octanol–water partition coefficient (Wildman–Crippen LogP) is 4.69. The van der Waals surface area contributed by atoms with Crippen LogP contribution in [0.5, 0.6) is 0 Å². The van der Waals surface area contributed by atoms with Crippen molar-refractivity contribution in [3.8, 4) is 0 Å². The Bertz CT molecular complexity index is 554. The molecule has 0 N–H and O–H groups in total. The van der Waals surface area contributed by atoms with Crippen molar-refractivity contribution in [2.75, 3.05) is 0 Å². The van der Waals surface area contributed by atoms with E-state index in [9.17, 15) is 9.59 Å². The van der Waals surface area contributed by atoms with Gasteiger partial charge in [-0.1, -0.05) is 0 Å². The van der Waals surface area contributed by atoms with Gasteiger partial charge in [0.2, 0.25) is 0 Å². The van der Waals surface area contributed by atoms with Gasteiger partial charge in [0, 0.05) is 0 Å². The zero-order valence-corrected chi connectivity index (χ0v) is 15.9. The number of allylic oxidation sites excluding steroid dienone is 4. The molecule has 0 amide bonds. The Balaban J connectivity index is 2.06. The van der Waals surface area contributed by atoms with E-state index in [2.05, 4.69) is 0 Å². The average Bonchev–Trinajstić information content (AvgIpc) is 2.80. The first kappa shape index (κ1) is 17.0. The average molecular weight is 354 g/mol. The third kappa shape index (κ3) is 3.21. The van der Waals surface area contributed by atoms with E-state index >= 15 is 0 Å². The van der Waals surface area contributed by atoms with Gasteiger partial charge in [0.05, 0.1) is 0 Å². The van der Waals surface area contributed by atoms with Gasteiger partial charge in [0.25, 0.3) is 0 Å². The molecule has 3 aliphatic carbocycles. The van der Waals surface area contributed by atoms with Crippen molar-refractivity contribution < 1.29 is 33.6 Å². The Kier molecular flexibility index (Phi) is 4.84. The van der Waals surface area contributed by atoms with Crippen LogP contribution in [0.15, 0.2) is 22.3 Å². The van der Waals surface area contributed by atoms with E-state index in [1.54, 1.807) is 0 Å². The topological polar surface area (TPSA) is 52.6 Å². The number of hydrogen-bond acceptors (Lipinski definition) is 4. The standard InChI is InChI=1S/C13H17.2C2H4O2.CH3.Ti/c1-3-7-12-10(5-1)9-11-6-2-4-8-13(11)12;2*1-2(3)4;;/h9H,1-8H2;2*1H3,(H,3,4);1H3;/q;;;;+2/p-2. The number of rotatable bonds is 3. The Morgan fingerprint density at radius 2 is 1.22 bits per heavy atom. The molecule has 23 heavy (non-hydrogen) atoms. The zero-order valence-electron chi connectivity index (χ0n) is 14.4. The van der Waals surface area contributed by atoms with Gasteiger partial charge in [-0.3, -0.25) is 0 Å². The van der Waals surface area contributed by atoms with E-state index in [0.29, 0.717) is 0 Å². The molecule has 0 saturated carbocycles.